The Labute approximate surface area is 215 Å². The predicted molar refractivity (Wildman–Crippen MR) is 135 cm³/mol. The normalized spacial score (nSPS) is 15.9. The van der Waals surface area contributed by atoms with Gasteiger partial charge in [0.15, 0.2) is 0 Å². The highest BCUT2D eigenvalue weighted by Gasteiger charge is 2.36. The summed E-state index contributed by atoms with van der Waals surface area (Å²) < 4.78 is 70.7. The fraction of sp³-hybridized carbons (Fsp3) is 0.538. The van der Waals surface area contributed by atoms with Crippen molar-refractivity contribution in [2.45, 2.75) is 74.4 Å². The molecule has 2 aromatic rings. The molecule has 0 bridgehead atoms. The van der Waals surface area contributed by atoms with Crippen molar-refractivity contribution in [2.24, 2.45) is 0 Å². The van der Waals surface area contributed by atoms with Crippen molar-refractivity contribution in [1.82, 2.24) is 5.32 Å². The Kier molecular flexibility index (Phi) is 11.2. The maximum absolute atomic E-state index is 14.6. The van der Waals surface area contributed by atoms with Crippen LogP contribution < -0.4 is 5.32 Å². The third-order valence-electron chi connectivity index (χ3n) is 6.72. The number of rotatable bonds is 14. The number of benzene rings is 2. The number of hydrogen-bond acceptors (Lipinski definition) is 4. The maximum atomic E-state index is 14.6. The van der Waals surface area contributed by atoms with Gasteiger partial charge in [-0.25, -0.2) is 4.39 Å². The van der Waals surface area contributed by atoms with Gasteiger partial charge in [-0.05, 0) is 67.5 Å². The summed E-state index contributed by atoms with van der Waals surface area (Å²) in [5, 5.41) is 2.85. The molecule has 1 unspecified atom stereocenters. The van der Waals surface area contributed by atoms with Crippen LogP contribution in [0.4, 0.5) is 17.6 Å². The maximum Gasteiger partial charge on any atom is 0.694 e. The smallest absolute Gasteiger partial charge is 0.312 e. The number of hydrogen-bond donors (Lipinski definition) is 2. The zero-order valence-electron chi connectivity index (χ0n) is 20.2. The Morgan fingerprint density at radius 3 is 2.47 bits per heavy atom. The predicted octanol–water partition coefficient (Wildman–Crippen LogP) is 7.76. The van der Waals surface area contributed by atoms with E-state index in [1.54, 1.807) is 0 Å². The summed E-state index contributed by atoms with van der Waals surface area (Å²) in [6.07, 6.45) is 3.21. The van der Waals surface area contributed by atoms with Gasteiger partial charge in [0.25, 0.3) is 0 Å². The Bertz CT molecular complexity index is 985. The van der Waals surface area contributed by atoms with Crippen LogP contribution in [0.5, 0.6) is 0 Å². The molecule has 0 heterocycles. The number of halogens is 4. The fourth-order valence-corrected chi connectivity index (χ4v) is 6.28. The van der Waals surface area contributed by atoms with Crippen LogP contribution in [0, 0.1) is 5.82 Å². The quantitative estimate of drug-likeness (QED) is 0.110. The summed E-state index contributed by atoms with van der Waals surface area (Å²) in [7, 11) is -2.68. The van der Waals surface area contributed by atoms with Gasteiger partial charge in [0.1, 0.15) is 12.4 Å². The van der Waals surface area contributed by atoms with Gasteiger partial charge < -0.3 is 5.32 Å². The minimum atomic E-state index is -4.58. The monoisotopic (exact) mass is 546 g/mol. The van der Waals surface area contributed by atoms with E-state index in [2.05, 4.69) is 34.1 Å². The van der Waals surface area contributed by atoms with Gasteiger partial charge in [0.05, 0.1) is 5.56 Å². The highest BCUT2D eigenvalue weighted by molar-refractivity contribution is 7.99. The van der Waals surface area contributed by atoms with Crippen molar-refractivity contribution < 1.29 is 31.5 Å². The standard InChI is InChI=1S/C26H32F4NO3PS/c27-23-18-24(22(26(28,29)30)17-20(23)19-31-14-8-15-34-35(32)33)36-16-7-6-13-25(11-4-5-12-25)21-9-2-1-3-10-21/h1-3,9-10,17-18,31H,4-8,11-16,19H2/p+1. The van der Waals surface area contributed by atoms with E-state index in [0.717, 1.165) is 56.0 Å². The lowest BCUT2D eigenvalue weighted by Crippen LogP contribution is -2.21. The van der Waals surface area contributed by atoms with E-state index in [4.69, 9.17) is 4.89 Å². The van der Waals surface area contributed by atoms with Crippen molar-refractivity contribution in [1.29, 1.82) is 0 Å². The van der Waals surface area contributed by atoms with Crippen LogP contribution in [0.25, 0.3) is 0 Å². The van der Waals surface area contributed by atoms with Gasteiger partial charge in [0, 0.05) is 21.6 Å². The first-order valence-corrected chi connectivity index (χ1v) is 14.4. The van der Waals surface area contributed by atoms with Gasteiger partial charge in [-0.2, -0.15) is 13.2 Å². The Morgan fingerprint density at radius 1 is 1.08 bits per heavy atom. The van der Waals surface area contributed by atoms with Gasteiger partial charge >= 0.3 is 14.4 Å². The molecule has 198 valence electrons. The molecular weight excluding hydrogens is 513 g/mol. The van der Waals surface area contributed by atoms with Crippen LogP contribution >= 0.6 is 20.0 Å². The van der Waals surface area contributed by atoms with Crippen LogP contribution in [-0.2, 0) is 27.2 Å². The highest BCUT2D eigenvalue weighted by Crippen LogP contribution is 2.45. The molecule has 4 nitrogen and oxygen atoms in total. The van der Waals surface area contributed by atoms with Gasteiger partial charge in [-0.3, -0.25) is 0 Å². The van der Waals surface area contributed by atoms with E-state index in [1.165, 1.54) is 18.4 Å². The van der Waals surface area contributed by atoms with Gasteiger partial charge in [-0.1, -0.05) is 49.6 Å². The minimum Gasteiger partial charge on any atom is -0.312 e. The topological polar surface area (TPSA) is 58.6 Å². The molecule has 3 rings (SSSR count). The second kappa shape index (κ2) is 13.9. The van der Waals surface area contributed by atoms with Crippen molar-refractivity contribution in [2.75, 3.05) is 18.9 Å². The van der Waals surface area contributed by atoms with E-state index in [1.807, 2.05) is 6.07 Å². The van der Waals surface area contributed by atoms with E-state index in [0.29, 0.717) is 18.7 Å². The molecule has 2 N–H and O–H groups in total. The Hall–Kier alpha value is -1.51. The Morgan fingerprint density at radius 2 is 1.81 bits per heavy atom. The molecule has 1 atom stereocenters. The van der Waals surface area contributed by atoms with Crippen LogP contribution in [-0.4, -0.2) is 23.8 Å². The molecule has 10 heteroatoms. The third-order valence-corrected chi connectivity index (χ3v) is 8.27. The van der Waals surface area contributed by atoms with Crippen molar-refractivity contribution in [3.8, 4) is 0 Å². The van der Waals surface area contributed by atoms with Crippen LogP contribution in [0.3, 0.4) is 0 Å². The molecule has 1 fully saturated rings. The van der Waals surface area contributed by atoms with Crippen molar-refractivity contribution >= 4 is 20.0 Å². The molecule has 1 aliphatic carbocycles. The highest BCUT2D eigenvalue weighted by atomic mass is 32.2. The average Bonchev–Trinajstić information content (AvgIpc) is 3.32. The van der Waals surface area contributed by atoms with Crippen LogP contribution in [0.2, 0.25) is 0 Å². The molecule has 0 spiro atoms. The van der Waals surface area contributed by atoms with E-state index in [-0.39, 0.29) is 29.0 Å². The summed E-state index contributed by atoms with van der Waals surface area (Å²) in [5.41, 5.74) is 0.651. The number of unbranched alkanes of at least 4 members (excludes halogenated alkanes) is 1. The average molecular weight is 547 g/mol. The number of thioether (sulfide) groups is 1. The van der Waals surface area contributed by atoms with E-state index >= 15 is 0 Å². The SMILES string of the molecule is O=[P+](O)OCCCNCc1cc(C(F)(F)F)c(SCCCCC2(c3ccccc3)CCCC2)cc1F. The lowest BCUT2D eigenvalue weighted by atomic mass is 9.75. The zero-order chi connectivity index (χ0) is 26.0. The Balaban J connectivity index is 1.53. The first-order chi connectivity index (χ1) is 17.2. The molecule has 1 saturated carbocycles. The summed E-state index contributed by atoms with van der Waals surface area (Å²) in [6, 6.07) is 12.4. The third kappa shape index (κ3) is 8.52. The van der Waals surface area contributed by atoms with Gasteiger partial charge in [0.2, 0.25) is 0 Å². The van der Waals surface area contributed by atoms with Crippen molar-refractivity contribution in [3.63, 3.8) is 0 Å². The molecular formula is C26H33F4NO3PS+. The van der Waals surface area contributed by atoms with E-state index < -0.39 is 25.8 Å². The number of alkyl halides is 3. The van der Waals surface area contributed by atoms with Crippen LogP contribution in [0.15, 0.2) is 47.4 Å². The minimum absolute atomic E-state index is 0.0248. The van der Waals surface area contributed by atoms with Crippen LogP contribution in [0.1, 0.15) is 68.1 Å². The second-order valence-electron chi connectivity index (χ2n) is 9.20. The lowest BCUT2D eigenvalue weighted by Gasteiger charge is -2.30. The first-order valence-electron chi connectivity index (χ1n) is 12.3. The molecule has 0 saturated heterocycles. The molecule has 0 aromatic heterocycles. The first kappa shape index (κ1) is 29.1. The van der Waals surface area contributed by atoms with E-state index in [9.17, 15) is 22.1 Å². The summed E-state index contributed by atoms with van der Waals surface area (Å²) >= 11 is 1.06. The lowest BCUT2D eigenvalue weighted by molar-refractivity contribution is -0.139. The second-order valence-corrected chi connectivity index (χ2v) is 11.1. The largest absolute Gasteiger partial charge is 0.694 e. The molecule has 2 aromatic carbocycles. The van der Waals surface area contributed by atoms with Gasteiger partial charge in [-0.15, -0.1) is 21.2 Å². The molecule has 36 heavy (non-hydrogen) atoms. The molecule has 0 aliphatic heterocycles. The summed E-state index contributed by atoms with van der Waals surface area (Å²) in [5.74, 6) is -0.181. The summed E-state index contributed by atoms with van der Waals surface area (Å²) in [4.78, 5) is 8.48. The number of nitrogens with one attached hydrogen (secondary N) is 1. The molecule has 0 radical (unpaired) electrons. The van der Waals surface area contributed by atoms with Crippen molar-refractivity contribution in [3.05, 3.63) is 65.0 Å². The molecule has 1 aliphatic rings. The molecule has 0 amide bonds. The summed E-state index contributed by atoms with van der Waals surface area (Å²) in [6.45, 7) is 0.259. The fourth-order valence-electron chi connectivity index (χ4n) is 4.91. The zero-order valence-corrected chi connectivity index (χ0v) is 21.9.